The van der Waals surface area contributed by atoms with Crippen molar-refractivity contribution in [3.05, 3.63) is 59.9 Å². The minimum absolute atomic E-state index is 0.193. The van der Waals surface area contributed by atoms with Crippen molar-refractivity contribution in [2.75, 3.05) is 20.2 Å². The number of benzene rings is 2. The average molecular weight is 429 g/mol. The molecular formula is C23H28FN3O4. The van der Waals surface area contributed by atoms with Crippen molar-refractivity contribution in [2.24, 2.45) is 0 Å². The summed E-state index contributed by atoms with van der Waals surface area (Å²) < 4.78 is 24.6. The van der Waals surface area contributed by atoms with E-state index in [1.165, 1.54) is 12.1 Å². The Morgan fingerprint density at radius 1 is 1.16 bits per heavy atom. The molecule has 0 spiro atoms. The number of nitrogens with zero attached hydrogens (tertiary/aromatic N) is 1. The SMILES string of the molecule is CCCC(NC(=O)NCc1ccc(F)cc1)C(=O)N(C)CC1COc2ccccc2O1. The Morgan fingerprint density at radius 2 is 1.87 bits per heavy atom. The maximum atomic E-state index is 13.0. The standard InChI is InChI=1S/C23H28FN3O4/c1-3-6-19(26-23(29)25-13-16-9-11-17(24)12-10-16)22(28)27(2)14-18-15-30-20-7-4-5-8-21(20)31-18/h4-5,7-12,18-19H,3,6,13-15H2,1-2H3,(H2,25,26,29). The van der Waals surface area contributed by atoms with Crippen molar-refractivity contribution in [2.45, 2.75) is 38.5 Å². The molecule has 0 fully saturated rings. The smallest absolute Gasteiger partial charge is 0.315 e. The van der Waals surface area contributed by atoms with Crippen molar-refractivity contribution >= 4 is 11.9 Å². The van der Waals surface area contributed by atoms with Gasteiger partial charge in [-0.25, -0.2) is 9.18 Å². The molecule has 0 radical (unpaired) electrons. The summed E-state index contributed by atoms with van der Waals surface area (Å²) in [4.78, 5) is 26.8. The van der Waals surface area contributed by atoms with Crippen LogP contribution in [0, 0.1) is 5.82 Å². The van der Waals surface area contributed by atoms with Crippen LogP contribution in [0.2, 0.25) is 0 Å². The minimum Gasteiger partial charge on any atom is -0.486 e. The summed E-state index contributed by atoms with van der Waals surface area (Å²) >= 11 is 0. The molecule has 166 valence electrons. The highest BCUT2D eigenvalue weighted by atomic mass is 19.1. The van der Waals surface area contributed by atoms with Crippen LogP contribution in [-0.2, 0) is 11.3 Å². The molecule has 8 heteroatoms. The highest BCUT2D eigenvalue weighted by Crippen LogP contribution is 2.31. The first kappa shape index (κ1) is 22.4. The first-order chi connectivity index (χ1) is 15.0. The number of carbonyl (C=O) groups excluding carboxylic acids is 2. The normalized spacial score (nSPS) is 15.6. The predicted octanol–water partition coefficient (Wildman–Crippen LogP) is 3.09. The second kappa shape index (κ2) is 10.7. The van der Waals surface area contributed by atoms with Gasteiger partial charge in [0.05, 0.1) is 6.54 Å². The maximum absolute atomic E-state index is 13.0. The Bertz CT molecular complexity index is 891. The number of likely N-dealkylation sites (N-methyl/N-ethyl adjacent to an activating group) is 1. The molecule has 31 heavy (non-hydrogen) atoms. The Balaban J connectivity index is 1.51. The van der Waals surface area contributed by atoms with Crippen LogP contribution in [0.5, 0.6) is 11.5 Å². The van der Waals surface area contributed by atoms with Crippen LogP contribution in [0.1, 0.15) is 25.3 Å². The number of ether oxygens (including phenoxy) is 2. The van der Waals surface area contributed by atoms with Crippen molar-refractivity contribution in [3.63, 3.8) is 0 Å². The third-order valence-electron chi connectivity index (χ3n) is 4.97. The highest BCUT2D eigenvalue weighted by Gasteiger charge is 2.28. The van der Waals surface area contributed by atoms with E-state index in [2.05, 4.69) is 10.6 Å². The van der Waals surface area contributed by atoms with E-state index in [0.29, 0.717) is 31.1 Å². The molecule has 2 N–H and O–H groups in total. The summed E-state index contributed by atoms with van der Waals surface area (Å²) in [7, 11) is 1.69. The van der Waals surface area contributed by atoms with E-state index in [-0.39, 0.29) is 24.4 Å². The van der Waals surface area contributed by atoms with E-state index in [9.17, 15) is 14.0 Å². The Hall–Kier alpha value is -3.29. The second-order valence-corrected chi connectivity index (χ2v) is 7.51. The molecule has 2 atom stereocenters. The molecule has 1 heterocycles. The van der Waals surface area contributed by atoms with Gasteiger partial charge in [-0.15, -0.1) is 0 Å². The highest BCUT2D eigenvalue weighted by molar-refractivity contribution is 5.87. The van der Waals surface area contributed by atoms with Crippen LogP contribution in [0.4, 0.5) is 9.18 Å². The van der Waals surface area contributed by atoms with Crippen molar-refractivity contribution in [3.8, 4) is 11.5 Å². The lowest BCUT2D eigenvalue weighted by atomic mass is 10.1. The van der Waals surface area contributed by atoms with E-state index in [1.807, 2.05) is 31.2 Å². The van der Waals surface area contributed by atoms with Crippen molar-refractivity contribution in [1.29, 1.82) is 0 Å². The van der Waals surface area contributed by atoms with Crippen LogP contribution >= 0.6 is 0 Å². The number of nitrogens with one attached hydrogen (secondary N) is 2. The molecule has 2 aromatic rings. The largest absolute Gasteiger partial charge is 0.486 e. The van der Waals surface area contributed by atoms with E-state index < -0.39 is 12.1 Å². The summed E-state index contributed by atoms with van der Waals surface area (Å²) in [5.74, 6) is 0.820. The zero-order chi connectivity index (χ0) is 22.2. The van der Waals surface area contributed by atoms with Gasteiger partial charge in [-0.3, -0.25) is 4.79 Å². The van der Waals surface area contributed by atoms with E-state index >= 15 is 0 Å². The van der Waals surface area contributed by atoms with Gasteiger partial charge in [-0.05, 0) is 36.2 Å². The van der Waals surface area contributed by atoms with Crippen LogP contribution in [0.15, 0.2) is 48.5 Å². The Labute approximate surface area is 181 Å². The minimum atomic E-state index is -0.653. The zero-order valence-electron chi connectivity index (χ0n) is 17.8. The molecule has 2 aromatic carbocycles. The summed E-state index contributed by atoms with van der Waals surface area (Å²) in [5.41, 5.74) is 0.766. The van der Waals surface area contributed by atoms with Gasteiger partial charge in [0.2, 0.25) is 5.91 Å². The molecule has 7 nitrogen and oxygen atoms in total. The molecule has 0 bridgehead atoms. The Morgan fingerprint density at radius 3 is 2.58 bits per heavy atom. The van der Waals surface area contributed by atoms with Gasteiger partial charge in [0.15, 0.2) is 17.6 Å². The first-order valence-electron chi connectivity index (χ1n) is 10.4. The third-order valence-corrected chi connectivity index (χ3v) is 4.97. The number of hydrogen-bond donors (Lipinski definition) is 2. The summed E-state index contributed by atoms with van der Waals surface area (Å²) in [6, 6.07) is 12.2. The molecule has 3 rings (SSSR count). The summed E-state index contributed by atoms with van der Waals surface area (Å²) in [6.07, 6.45) is 0.954. The first-order valence-corrected chi connectivity index (χ1v) is 10.4. The number of amides is 3. The van der Waals surface area contributed by atoms with Gasteiger partial charge in [-0.2, -0.15) is 0 Å². The molecule has 1 aliphatic heterocycles. The van der Waals surface area contributed by atoms with Crippen molar-refractivity contribution < 1.29 is 23.5 Å². The maximum Gasteiger partial charge on any atom is 0.315 e. The van der Waals surface area contributed by atoms with E-state index in [0.717, 1.165) is 12.0 Å². The molecular weight excluding hydrogens is 401 g/mol. The van der Waals surface area contributed by atoms with Gasteiger partial charge in [0, 0.05) is 13.6 Å². The fourth-order valence-corrected chi connectivity index (χ4v) is 3.35. The van der Waals surface area contributed by atoms with Crippen LogP contribution in [-0.4, -0.2) is 49.2 Å². The quantitative estimate of drug-likeness (QED) is 0.676. The number of fused-ring (bicyclic) bond motifs is 1. The Kier molecular flexibility index (Phi) is 7.70. The molecule has 1 aliphatic rings. The fraction of sp³-hybridized carbons (Fsp3) is 0.391. The third kappa shape index (κ3) is 6.34. The number of urea groups is 1. The summed E-state index contributed by atoms with van der Waals surface area (Å²) in [6.45, 7) is 2.87. The number of para-hydroxylation sites is 2. The monoisotopic (exact) mass is 429 g/mol. The fourth-order valence-electron chi connectivity index (χ4n) is 3.35. The molecule has 0 saturated heterocycles. The number of carbonyl (C=O) groups is 2. The topological polar surface area (TPSA) is 79.9 Å². The number of halogens is 1. The molecule has 0 aliphatic carbocycles. The van der Waals surface area contributed by atoms with E-state index in [1.54, 1.807) is 24.1 Å². The lowest BCUT2D eigenvalue weighted by Gasteiger charge is -2.31. The lowest BCUT2D eigenvalue weighted by Crippen LogP contribution is -2.52. The van der Waals surface area contributed by atoms with Gasteiger partial charge < -0.3 is 25.0 Å². The molecule has 0 saturated carbocycles. The van der Waals surface area contributed by atoms with Crippen LogP contribution in [0.3, 0.4) is 0 Å². The van der Waals surface area contributed by atoms with Gasteiger partial charge >= 0.3 is 6.03 Å². The predicted molar refractivity (Wildman–Crippen MR) is 114 cm³/mol. The molecule has 3 amide bonds. The number of rotatable bonds is 8. The zero-order valence-corrected chi connectivity index (χ0v) is 17.8. The van der Waals surface area contributed by atoms with Gasteiger partial charge in [-0.1, -0.05) is 37.6 Å². The van der Waals surface area contributed by atoms with Gasteiger partial charge in [0.1, 0.15) is 18.5 Å². The second-order valence-electron chi connectivity index (χ2n) is 7.51. The van der Waals surface area contributed by atoms with E-state index in [4.69, 9.17) is 9.47 Å². The summed E-state index contributed by atoms with van der Waals surface area (Å²) in [5, 5.41) is 5.45. The average Bonchev–Trinajstić information content (AvgIpc) is 2.78. The molecule has 2 unspecified atom stereocenters. The lowest BCUT2D eigenvalue weighted by molar-refractivity contribution is -0.133. The van der Waals surface area contributed by atoms with Gasteiger partial charge in [0.25, 0.3) is 0 Å². The molecule has 0 aromatic heterocycles. The van der Waals surface area contributed by atoms with Crippen LogP contribution in [0.25, 0.3) is 0 Å². The number of hydrogen-bond acceptors (Lipinski definition) is 4. The van der Waals surface area contributed by atoms with Crippen LogP contribution < -0.4 is 20.1 Å². The van der Waals surface area contributed by atoms with Crippen molar-refractivity contribution in [1.82, 2.24) is 15.5 Å².